The topological polar surface area (TPSA) is 44.4 Å². The molecule has 1 aromatic rings. The lowest BCUT2D eigenvalue weighted by atomic mass is 9.98. The van der Waals surface area contributed by atoms with Crippen LogP contribution in [0.25, 0.3) is 0 Å². The first kappa shape index (κ1) is 19.0. The number of thioether (sulfide) groups is 1. The monoisotopic (exact) mass is 381 g/mol. The molecule has 25 heavy (non-hydrogen) atoms. The Morgan fingerprint density at radius 2 is 2.12 bits per heavy atom. The highest BCUT2D eigenvalue weighted by atomic mass is 35.5. The molecule has 2 saturated heterocycles. The molecule has 3 rings (SSSR count). The SMILES string of the molecule is O=C(NCC1CCCN(CCSc2ccc(Cl)cc2)C1)C1CCCN1. The maximum atomic E-state index is 12.1. The average molecular weight is 382 g/mol. The van der Waals surface area contributed by atoms with Crippen LogP contribution in [0, 0.1) is 5.92 Å². The Bertz CT molecular complexity index is 548. The highest BCUT2D eigenvalue weighted by Gasteiger charge is 2.24. The van der Waals surface area contributed by atoms with Crippen LogP contribution in [0.1, 0.15) is 25.7 Å². The van der Waals surface area contributed by atoms with E-state index in [-0.39, 0.29) is 11.9 Å². The Hall–Kier alpha value is -0.750. The second-order valence-corrected chi connectivity index (χ2v) is 8.61. The van der Waals surface area contributed by atoms with Gasteiger partial charge in [-0.15, -0.1) is 11.8 Å². The Morgan fingerprint density at radius 1 is 1.28 bits per heavy atom. The predicted molar refractivity (Wildman–Crippen MR) is 105 cm³/mol. The third-order valence-corrected chi connectivity index (χ3v) is 6.28. The largest absolute Gasteiger partial charge is 0.354 e. The number of halogens is 1. The molecule has 6 heteroatoms. The first-order chi connectivity index (χ1) is 12.2. The number of nitrogens with one attached hydrogen (secondary N) is 2. The van der Waals surface area contributed by atoms with E-state index in [4.69, 9.17) is 11.6 Å². The van der Waals surface area contributed by atoms with Crippen LogP contribution in [-0.4, -0.2) is 55.3 Å². The first-order valence-electron chi connectivity index (χ1n) is 9.32. The van der Waals surface area contributed by atoms with Crippen molar-refractivity contribution in [3.05, 3.63) is 29.3 Å². The third-order valence-electron chi connectivity index (χ3n) is 5.03. The molecule has 1 aromatic carbocycles. The number of carbonyl (C=O) groups excluding carboxylic acids is 1. The number of hydrogen-bond acceptors (Lipinski definition) is 4. The summed E-state index contributed by atoms with van der Waals surface area (Å²) in [6.45, 7) is 5.16. The van der Waals surface area contributed by atoms with Gasteiger partial charge >= 0.3 is 0 Å². The lowest BCUT2D eigenvalue weighted by Crippen LogP contribution is -2.45. The normalized spacial score (nSPS) is 24.4. The number of carbonyl (C=O) groups is 1. The van der Waals surface area contributed by atoms with Crippen molar-refractivity contribution >= 4 is 29.3 Å². The van der Waals surface area contributed by atoms with Crippen molar-refractivity contribution in [1.29, 1.82) is 0 Å². The molecule has 0 radical (unpaired) electrons. The van der Waals surface area contributed by atoms with Gasteiger partial charge < -0.3 is 15.5 Å². The van der Waals surface area contributed by atoms with E-state index in [9.17, 15) is 4.79 Å². The molecule has 2 aliphatic heterocycles. The summed E-state index contributed by atoms with van der Waals surface area (Å²) in [5, 5.41) is 7.21. The molecule has 2 aliphatic rings. The van der Waals surface area contributed by atoms with E-state index in [1.54, 1.807) is 0 Å². The van der Waals surface area contributed by atoms with E-state index in [1.807, 2.05) is 23.9 Å². The van der Waals surface area contributed by atoms with Crippen molar-refractivity contribution in [3.8, 4) is 0 Å². The number of likely N-dealkylation sites (tertiary alicyclic amines) is 1. The number of amides is 1. The molecule has 4 nitrogen and oxygen atoms in total. The molecule has 2 unspecified atom stereocenters. The smallest absolute Gasteiger partial charge is 0.237 e. The Balaban J connectivity index is 1.34. The van der Waals surface area contributed by atoms with Crippen molar-refractivity contribution in [2.24, 2.45) is 5.92 Å². The molecule has 1 amide bonds. The molecular weight excluding hydrogens is 354 g/mol. The van der Waals surface area contributed by atoms with Gasteiger partial charge in [0, 0.05) is 35.3 Å². The number of benzene rings is 1. The molecule has 0 spiro atoms. The van der Waals surface area contributed by atoms with Gasteiger partial charge in [-0.1, -0.05) is 11.6 Å². The van der Waals surface area contributed by atoms with Crippen LogP contribution in [0.3, 0.4) is 0 Å². The standard InChI is InChI=1S/C19H28ClN3OS/c20-16-5-7-17(8-6-16)25-12-11-23-10-2-3-15(14-23)13-22-19(24)18-4-1-9-21-18/h5-8,15,18,21H,1-4,9-14H2,(H,22,24). The number of rotatable bonds is 7. The summed E-state index contributed by atoms with van der Waals surface area (Å²) in [7, 11) is 0. The highest BCUT2D eigenvalue weighted by molar-refractivity contribution is 7.99. The molecule has 0 aromatic heterocycles. The minimum absolute atomic E-state index is 0.0375. The van der Waals surface area contributed by atoms with Gasteiger partial charge in [-0.3, -0.25) is 4.79 Å². The maximum absolute atomic E-state index is 12.1. The predicted octanol–water partition coefficient (Wildman–Crippen LogP) is 3.01. The van der Waals surface area contributed by atoms with Gasteiger partial charge in [-0.05, 0) is 69.0 Å². The maximum Gasteiger partial charge on any atom is 0.237 e. The summed E-state index contributed by atoms with van der Waals surface area (Å²) in [5.41, 5.74) is 0. The fourth-order valence-corrected chi connectivity index (χ4v) is 4.66. The van der Waals surface area contributed by atoms with Gasteiger partial charge in [0.2, 0.25) is 5.91 Å². The van der Waals surface area contributed by atoms with Gasteiger partial charge in [0.15, 0.2) is 0 Å². The van der Waals surface area contributed by atoms with Crippen molar-refractivity contribution < 1.29 is 4.79 Å². The van der Waals surface area contributed by atoms with Gasteiger partial charge in [0.25, 0.3) is 0 Å². The Kier molecular flexibility index (Phi) is 7.47. The highest BCUT2D eigenvalue weighted by Crippen LogP contribution is 2.22. The van der Waals surface area contributed by atoms with E-state index in [0.717, 1.165) is 49.8 Å². The summed E-state index contributed by atoms with van der Waals surface area (Å²) >= 11 is 7.81. The van der Waals surface area contributed by atoms with E-state index in [0.29, 0.717) is 5.92 Å². The fourth-order valence-electron chi connectivity index (χ4n) is 3.62. The summed E-state index contributed by atoms with van der Waals surface area (Å²) in [6, 6.07) is 8.10. The molecule has 0 saturated carbocycles. The van der Waals surface area contributed by atoms with Crippen LogP contribution in [0.15, 0.2) is 29.2 Å². The zero-order valence-corrected chi connectivity index (χ0v) is 16.2. The third kappa shape index (κ3) is 6.17. The van der Waals surface area contributed by atoms with Crippen molar-refractivity contribution in [2.45, 2.75) is 36.6 Å². The first-order valence-corrected chi connectivity index (χ1v) is 10.7. The van der Waals surface area contributed by atoms with E-state index < -0.39 is 0 Å². The summed E-state index contributed by atoms with van der Waals surface area (Å²) in [5.74, 6) is 1.86. The van der Waals surface area contributed by atoms with Crippen LogP contribution in [0.5, 0.6) is 0 Å². The zero-order valence-electron chi connectivity index (χ0n) is 14.7. The van der Waals surface area contributed by atoms with E-state index in [1.165, 1.54) is 24.3 Å². The molecule has 0 aliphatic carbocycles. The Morgan fingerprint density at radius 3 is 2.88 bits per heavy atom. The number of hydrogen-bond donors (Lipinski definition) is 2. The molecule has 2 heterocycles. The summed E-state index contributed by atoms with van der Waals surface area (Å²) < 4.78 is 0. The fraction of sp³-hybridized carbons (Fsp3) is 0.632. The number of nitrogens with zero attached hydrogens (tertiary/aromatic N) is 1. The molecule has 0 bridgehead atoms. The minimum atomic E-state index is 0.0375. The molecule has 138 valence electrons. The second-order valence-electron chi connectivity index (χ2n) is 7.01. The van der Waals surface area contributed by atoms with Crippen molar-refractivity contribution in [1.82, 2.24) is 15.5 Å². The van der Waals surface area contributed by atoms with Crippen LogP contribution in [-0.2, 0) is 4.79 Å². The van der Waals surface area contributed by atoms with Gasteiger partial charge in [0.05, 0.1) is 6.04 Å². The van der Waals surface area contributed by atoms with E-state index >= 15 is 0 Å². The van der Waals surface area contributed by atoms with E-state index in [2.05, 4.69) is 27.7 Å². The minimum Gasteiger partial charge on any atom is -0.354 e. The van der Waals surface area contributed by atoms with Crippen molar-refractivity contribution in [2.75, 3.05) is 38.5 Å². The molecular formula is C19H28ClN3OS. The average Bonchev–Trinajstić information content (AvgIpc) is 3.17. The summed E-state index contributed by atoms with van der Waals surface area (Å²) in [6.07, 6.45) is 4.54. The van der Waals surface area contributed by atoms with Gasteiger partial charge in [-0.25, -0.2) is 0 Å². The quantitative estimate of drug-likeness (QED) is 0.712. The Labute approximate surface area is 160 Å². The van der Waals surface area contributed by atoms with Crippen LogP contribution < -0.4 is 10.6 Å². The van der Waals surface area contributed by atoms with Gasteiger partial charge in [-0.2, -0.15) is 0 Å². The zero-order chi connectivity index (χ0) is 17.5. The van der Waals surface area contributed by atoms with Crippen LogP contribution in [0.2, 0.25) is 5.02 Å². The van der Waals surface area contributed by atoms with Gasteiger partial charge in [0.1, 0.15) is 0 Å². The van der Waals surface area contributed by atoms with Crippen LogP contribution >= 0.6 is 23.4 Å². The lowest BCUT2D eigenvalue weighted by molar-refractivity contribution is -0.123. The second kappa shape index (κ2) is 9.81. The lowest BCUT2D eigenvalue weighted by Gasteiger charge is -2.32. The van der Waals surface area contributed by atoms with Crippen LogP contribution in [0.4, 0.5) is 0 Å². The molecule has 2 atom stereocenters. The number of piperidine rings is 1. The molecule has 2 fully saturated rings. The van der Waals surface area contributed by atoms with Crippen molar-refractivity contribution in [3.63, 3.8) is 0 Å². The summed E-state index contributed by atoms with van der Waals surface area (Å²) in [4.78, 5) is 15.9. The molecule has 2 N–H and O–H groups in total.